The van der Waals surface area contributed by atoms with Crippen molar-refractivity contribution in [3.63, 3.8) is 0 Å². The highest BCUT2D eigenvalue weighted by atomic mass is 16.7. The summed E-state index contributed by atoms with van der Waals surface area (Å²) in [4.78, 5) is 7.55. The van der Waals surface area contributed by atoms with Gasteiger partial charge in [0.15, 0.2) is 11.5 Å². The number of rotatable bonds is 5. The molecule has 1 spiro atoms. The first-order valence-corrected chi connectivity index (χ1v) is 13.6. The Morgan fingerprint density at radius 1 is 1.18 bits per heavy atom. The van der Waals surface area contributed by atoms with Crippen LogP contribution in [0.5, 0.6) is 17.2 Å². The molecule has 0 amide bonds. The molecule has 210 valence electrons. The van der Waals surface area contributed by atoms with Gasteiger partial charge in [-0.3, -0.25) is 4.90 Å². The zero-order valence-electron chi connectivity index (χ0n) is 21.4. The highest BCUT2D eigenvalue weighted by molar-refractivity contribution is 6.00. The van der Waals surface area contributed by atoms with E-state index in [0.29, 0.717) is 59.9 Å². The van der Waals surface area contributed by atoms with Crippen LogP contribution in [0.2, 0.25) is 0 Å². The minimum absolute atomic E-state index is 0.000674. The van der Waals surface area contributed by atoms with E-state index in [2.05, 4.69) is 11.0 Å². The van der Waals surface area contributed by atoms with Gasteiger partial charge in [-0.2, -0.15) is 0 Å². The van der Waals surface area contributed by atoms with Gasteiger partial charge < -0.3 is 48.8 Å². The van der Waals surface area contributed by atoms with Crippen molar-refractivity contribution < 1.29 is 48.8 Å². The summed E-state index contributed by atoms with van der Waals surface area (Å²) in [6.07, 6.45) is -3.13. The second-order valence-corrected chi connectivity index (χ2v) is 11.5. The molecular weight excluding hydrogens is 512 g/mol. The molecule has 12 heteroatoms. The molecule has 0 aromatic heterocycles. The van der Waals surface area contributed by atoms with E-state index in [0.717, 1.165) is 24.9 Å². The maximum absolute atomic E-state index is 10.8. The molecular formula is C27H32N2O10. The van der Waals surface area contributed by atoms with Gasteiger partial charge in [-0.15, -0.1) is 0 Å². The third-order valence-electron chi connectivity index (χ3n) is 9.91. The van der Waals surface area contributed by atoms with Crippen LogP contribution in [0.1, 0.15) is 18.4 Å². The molecule has 6 fully saturated rings. The Balaban J connectivity index is 1.24. The monoisotopic (exact) mass is 544 g/mol. The number of piperidine rings is 3. The molecule has 0 saturated carbocycles. The van der Waals surface area contributed by atoms with Gasteiger partial charge in [0.2, 0.25) is 24.7 Å². The number of aliphatic imine (C=N–C) groups is 1. The average Bonchev–Trinajstić information content (AvgIpc) is 3.56. The van der Waals surface area contributed by atoms with Gasteiger partial charge in [-0.05, 0) is 18.8 Å². The summed E-state index contributed by atoms with van der Waals surface area (Å²) in [5.41, 5.74) is 2.28. The fourth-order valence-corrected chi connectivity index (χ4v) is 8.19. The first-order chi connectivity index (χ1) is 19.0. The maximum Gasteiger partial charge on any atom is 0.231 e. The zero-order valence-corrected chi connectivity index (χ0v) is 21.4. The Hall–Kier alpha value is -2.45. The highest BCUT2D eigenvalue weighted by Gasteiger charge is 2.70. The van der Waals surface area contributed by atoms with Gasteiger partial charge in [-0.25, -0.2) is 4.99 Å². The van der Waals surface area contributed by atoms with E-state index in [1.54, 1.807) is 7.11 Å². The van der Waals surface area contributed by atoms with E-state index in [1.807, 2.05) is 6.07 Å². The zero-order chi connectivity index (χ0) is 26.6. The van der Waals surface area contributed by atoms with Crippen LogP contribution in [0.15, 0.2) is 22.7 Å². The van der Waals surface area contributed by atoms with Crippen LogP contribution in [-0.2, 0) is 19.6 Å². The van der Waals surface area contributed by atoms with Crippen molar-refractivity contribution in [2.75, 3.05) is 40.3 Å². The highest BCUT2D eigenvalue weighted by Crippen LogP contribution is 2.66. The first kappa shape index (κ1) is 24.4. The lowest BCUT2D eigenvalue weighted by atomic mass is 9.68. The van der Waals surface area contributed by atoms with Gasteiger partial charge in [0.1, 0.15) is 24.4 Å². The number of benzene rings is 1. The van der Waals surface area contributed by atoms with Gasteiger partial charge in [0.05, 0.1) is 30.9 Å². The molecule has 1 aromatic carbocycles. The summed E-state index contributed by atoms with van der Waals surface area (Å²) in [6.45, 7) is 1.48. The van der Waals surface area contributed by atoms with Crippen LogP contribution >= 0.6 is 0 Å². The van der Waals surface area contributed by atoms with E-state index in [4.69, 9.17) is 33.4 Å². The Morgan fingerprint density at radius 2 is 2.05 bits per heavy atom. The van der Waals surface area contributed by atoms with Crippen molar-refractivity contribution in [1.82, 2.24) is 4.90 Å². The molecule has 39 heavy (non-hydrogen) atoms. The van der Waals surface area contributed by atoms with Crippen LogP contribution in [-0.4, -0.2) is 114 Å². The average molecular weight is 545 g/mol. The normalized spacial score (nSPS) is 45.2. The van der Waals surface area contributed by atoms with Crippen LogP contribution in [0, 0.1) is 11.8 Å². The number of hydrogen-bond donors (Lipinski definition) is 4. The Kier molecular flexibility index (Phi) is 5.32. The van der Waals surface area contributed by atoms with E-state index in [-0.39, 0.29) is 12.8 Å². The molecule has 8 aliphatic heterocycles. The number of fused-ring (bicyclic) bond motifs is 3. The van der Waals surface area contributed by atoms with E-state index in [9.17, 15) is 20.4 Å². The Labute approximate surface area is 224 Å². The number of ether oxygens (including phenoxy) is 6. The third kappa shape index (κ3) is 3.10. The van der Waals surface area contributed by atoms with Crippen molar-refractivity contribution in [3.05, 3.63) is 23.3 Å². The molecule has 6 saturated heterocycles. The Morgan fingerprint density at radius 3 is 2.87 bits per heavy atom. The number of aliphatic hydroxyl groups excluding tert-OH is 4. The minimum Gasteiger partial charge on any atom is -0.480 e. The van der Waals surface area contributed by atoms with Gasteiger partial charge in [-0.1, -0.05) is 11.6 Å². The van der Waals surface area contributed by atoms with E-state index >= 15 is 0 Å². The van der Waals surface area contributed by atoms with Crippen molar-refractivity contribution in [2.24, 2.45) is 16.8 Å². The van der Waals surface area contributed by atoms with E-state index < -0.39 is 42.7 Å². The predicted molar refractivity (Wildman–Crippen MR) is 132 cm³/mol. The lowest BCUT2D eigenvalue weighted by molar-refractivity contribution is -0.277. The standard InChI is InChI=1S/C27H32N2O10/c1-34-3-2-11-7-29-15-6-27-18(29)4-12(11)13(15)9-35-26(27)28-14-5-16-23(37-10-36-16)24(19(14)27)39-25-22(33)21(32)20(31)17(8-30)38-25/h2,5,12-13,15,17-18,20-22,25,30-33H,3-4,6-10H2,1H3/b11-2+/t12-,13?,15-,17+,18-,20+,21-,22+,25-,27+/m0/s1. The molecule has 0 radical (unpaired) electrons. The summed E-state index contributed by atoms with van der Waals surface area (Å²) in [6, 6.07) is 2.29. The molecule has 5 bridgehead atoms. The largest absolute Gasteiger partial charge is 0.480 e. The lowest BCUT2D eigenvalue weighted by Gasteiger charge is -2.54. The van der Waals surface area contributed by atoms with Gasteiger partial charge in [0.25, 0.3) is 0 Å². The fourth-order valence-electron chi connectivity index (χ4n) is 8.19. The molecule has 9 rings (SSSR count). The molecule has 12 nitrogen and oxygen atoms in total. The SMILES string of the molecule is COC/C=C1\CN2[C@H]3C[C@@H]1C1COC4=Nc5cc6c(c(O[C@@H]7O[C@H](CO)[C@@H](O)[C@H](O)[C@H]7O)c5[C@]43C[C@@H]12)OCO6. The minimum atomic E-state index is -1.57. The summed E-state index contributed by atoms with van der Waals surface area (Å²) in [7, 11) is 1.71. The topological polar surface area (TPSA) is 152 Å². The van der Waals surface area contributed by atoms with Crippen molar-refractivity contribution >= 4 is 11.6 Å². The second-order valence-electron chi connectivity index (χ2n) is 11.5. The summed E-state index contributed by atoms with van der Waals surface area (Å²) in [5, 5.41) is 41.2. The molecule has 2 unspecified atom stereocenters. The number of aliphatic hydroxyl groups is 4. The molecule has 0 aliphatic carbocycles. The van der Waals surface area contributed by atoms with Crippen molar-refractivity contribution in [2.45, 2.75) is 61.0 Å². The third-order valence-corrected chi connectivity index (χ3v) is 9.91. The first-order valence-electron chi connectivity index (χ1n) is 13.6. The van der Waals surface area contributed by atoms with Crippen LogP contribution in [0.25, 0.3) is 0 Å². The molecule has 4 N–H and O–H groups in total. The molecule has 1 aromatic rings. The van der Waals surface area contributed by atoms with E-state index in [1.165, 1.54) is 5.57 Å². The maximum atomic E-state index is 10.8. The quantitative estimate of drug-likeness (QED) is 0.358. The fraction of sp³-hybridized carbons (Fsp3) is 0.667. The molecule has 8 heterocycles. The van der Waals surface area contributed by atoms with Crippen molar-refractivity contribution in [3.8, 4) is 17.2 Å². The second kappa shape index (κ2) is 8.53. The van der Waals surface area contributed by atoms with Crippen LogP contribution in [0.3, 0.4) is 0 Å². The van der Waals surface area contributed by atoms with Gasteiger partial charge in [0, 0.05) is 43.3 Å². The van der Waals surface area contributed by atoms with Crippen molar-refractivity contribution in [1.29, 1.82) is 0 Å². The van der Waals surface area contributed by atoms with Crippen LogP contribution < -0.4 is 14.2 Å². The lowest BCUT2D eigenvalue weighted by Crippen LogP contribution is -2.61. The summed E-state index contributed by atoms with van der Waals surface area (Å²) >= 11 is 0. The summed E-state index contributed by atoms with van der Waals surface area (Å²) < 4.78 is 35.5. The Bertz CT molecular complexity index is 1270. The number of methoxy groups -OCH3 is 1. The summed E-state index contributed by atoms with van der Waals surface area (Å²) in [5.74, 6) is 2.56. The molecule has 11 atom stereocenters. The smallest absolute Gasteiger partial charge is 0.231 e. The predicted octanol–water partition coefficient (Wildman–Crippen LogP) is -0.429. The number of nitrogens with zero attached hydrogens (tertiary/aromatic N) is 2. The number of hydrogen-bond acceptors (Lipinski definition) is 12. The van der Waals surface area contributed by atoms with Crippen LogP contribution in [0.4, 0.5) is 5.69 Å². The molecule has 8 aliphatic rings. The van der Waals surface area contributed by atoms with Gasteiger partial charge >= 0.3 is 0 Å².